The van der Waals surface area contributed by atoms with E-state index in [0.29, 0.717) is 30.7 Å². The molecule has 2 N–H and O–H groups in total. The minimum atomic E-state index is 0.513. The van der Waals surface area contributed by atoms with Gasteiger partial charge in [-0.05, 0) is 36.9 Å². The van der Waals surface area contributed by atoms with Gasteiger partial charge >= 0.3 is 0 Å². The highest BCUT2D eigenvalue weighted by Gasteiger charge is 2.07. The SMILES string of the molecule is CC(C)CCOCCOc1c(Cl)cccc1CCN. The van der Waals surface area contributed by atoms with Crippen LogP contribution in [0.15, 0.2) is 18.2 Å². The second kappa shape index (κ2) is 9.18. The van der Waals surface area contributed by atoms with Crippen LogP contribution in [0.4, 0.5) is 0 Å². The van der Waals surface area contributed by atoms with Crippen LogP contribution in [0.25, 0.3) is 0 Å². The number of halogens is 1. The molecular weight excluding hydrogens is 262 g/mol. The molecule has 0 unspecified atom stereocenters. The summed E-state index contributed by atoms with van der Waals surface area (Å²) in [6.07, 6.45) is 1.84. The monoisotopic (exact) mass is 285 g/mol. The number of ether oxygens (including phenoxy) is 2. The van der Waals surface area contributed by atoms with Gasteiger partial charge in [0, 0.05) is 6.61 Å². The van der Waals surface area contributed by atoms with E-state index in [-0.39, 0.29) is 0 Å². The molecule has 0 fully saturated rings. The summed E-state index contributed by atoms with van der Waals surface area (Å²) < 4.78 is 11.2. The van der Waals surface area contributed by atoms with Crippen molar-refractivity contribution in [3.05, 3.63) is 28.8 Å². The summed E-state index contributed by atoms with van der Waals surface area (Å²) in [5, 5.41) is 0.633. The summed E-state index contributed by atoms with van der Waals surface area (Å²) in [4.78, 5) is 0. The topological polar surface area (TPSA) is 44.5 Å². The first kappa shape index (κ1) is 16.3. The lowest BCUT2D eigenvalue weighted by Gasteiger charge is -2.13. The number of hydrogen-bond acceptors (Lipinski definition) is 3. The maximum Gasteiger partial charge on any atom is 0.141 e. The van der Waals surface area contributed by atoms with E-state index in [1.54, 1.807) is 0 Å². The highest BCUT2D eigenvalue weighted by atomic mass is 35.5. The first-order valence-corrected chi connectivity index (χ1v) is 7.21. The Bertz CT molecular complexity index is 369. The summed E-state index contributed by atoms with van der Waals surface area (Å²) in [5.74, 6) is 1.41. The van der Waals surface area contributed by atoms with E-state index < -0.39 is 0 Å². The minimum Gasteiger partial charge on any atom is -0.489 e. The van der Waals surface area contributed by atoms with Crippen LogP contribution in [0.2, 0.25) is 5.02 Å². The maximum atomic E-state index is 6.14. The van der Waals surface area contributed by atoms with Crippen molar-refractivity contribution >= 4 is 11.6 Å². The van der Waals surface area contributed by atoms with Gasteiger partial charge in [0.05, 0.1) is 11.6 Å². The lowest BCUT2D eigenvalue weighted by molar-refractivity contribution is 0.0923. The van der Waals surface area contributed by atoms with Gasteiger partial charge in [0.15, 0.2) is 0 Å². The Balaban J connectivity index is 2.36. The predicted octanol–water partition coefficient (Wildman–Crippen LogP) is 3.28. The number of rotatable bonds is 9. The van der Waals surface area contributed by atoms with Gasteiger partial charge in [-0.3, -0.25) is 0 Å². The highest BCUT2D eigenvalue weighted by Crippen LogP contribution is 2.28. The predicted molar refractivity (Wildman–Crippen MR) is 80.0 cm³/mol. The Kier molecular flexibility index (Phi) is 7.87. The largest absolute Gasteiger partial charge is 0.489 e. The number of benzene rings is 1. The maximum absolute atomic E-state index is 6.14. The zero-order valence-electron chi connectivity index (χ0n) is 11.8. The molecule has 0 radical (unpaired) electrons. The quantitative estimate of drug-likeness (QED) is 0.708. The Morgan fingerprint density at radius 3 is 2.68 bits per heavy atom. The summed E-state index contributed by atoms with van der Waals surface area (Å²) in [5.41, 5.74) is 6.63. The van der Waals surface area contributed by atoms with Gasteiger partial charge in [0.1, 0.15) is 12.4 Å². The van der Waals surface area contributed by atoms with Crippen molar-refractivity contribution in [3.8, 4) is 5.75 Å². The van der Waals surface area contributed by atoms with E-state index in [2.05, 4.69) is 13.8 Å². The summed E-state index contributed by atoms with van der Waals surface area (Å²) in [7, 11) is 0. The van der Waals surface area contributed by atoms with Crippen molar-refractivity contribution < 1.29 is 9.47 Å². The summed E-state index contributed by atoms with van der Waals surface area (Å²) >= 11 is 6.14. The van der Waals surface area contributed by atoms with E-state index in [1.807, 2.05) is 18.2 Å². The average Bonchev–Trinajstić information content (AvgIpc) is 2.36. The fourth-order valence-electron chi connectivity index (χ4n) is 1.69. The highest BCUT2D eigenvalue weighted by molar-refractivity contribution is 6.32. The van der Waals surface area contributed by atoms with E-state index >= 15 is 0 Å². The van der Waals surface area contributed by atoms with E-state index in [1.165, 1.54) is 0 Å². The first-order valence-electron chi connectivity index (χ1n) is 6.83. The van der Waals surface area contributed by atoms with Crippen molar-refractivity contribution in [2.75, 3.05) is 26.4 Å². The summed E-state index contributed by atoms with van der Waals surface area (Å²) in [6.45, 7) is 6.83. The number of nitrogens with two attached hydrogens (primary N) is 1. The molecule has 1 rings (SSSR count). The Morgan fingerprint density at radius 2 is 2.00 bits per heavy atom. The zero-order valence-corrected chi connectivity index (χ0v) is 12.6. The first-order chi connectivity index (χ1) is 9.15. The molecule has 0 aliphatic rings. The van der Waals surface area contributed by atoms with Gasteiger partial charge in [-0.2, -0.15) is 0 Å². The Morgan fingerprint density at radius 1 is 1.21 bits per heavy atom. The smallest absolute Gasteiger partial charge is 0.141 e. The molecule has 0 spiro atoms. The lowest BCUT2D eigenvalue weighted by atomic mass is 10.1. The van der Waals surface area contributed by atoms with E-state index in [0.717, 1.165) is 30.8 Å². The molecule has 0 saturated heterocycles. The summed E-state index contributed by atoms with van der Waals surface area (Å²) in [6, 6.07) is 5.74. The van der Waals surface area contributed by atoms with Gasteiger partial charge in [0.2, 0.25) is 0 Å². The van der Waals surface area contributed by atoms with Crippen molar-refractivity contribution in [1.82, 2.24) is 0 Å². The molecule has 1 aromatic rings. The molecule has 1 aromatic carbocycles. The molecule has 0 amide bonds. The average molecular weight is 286 g/mol. The van der Waals surface area contributed by atoms with E-state index in [9.17, 15) is 0 Å². The van der Waals surface area contributed by atoms with Crippen molar-refractivity contribution in [2.24, 2.45) is 11.7 Å². The van der Waals surface area contributed by atoms with Gasteiger partial charge in [-0.15, -0.1) is 0 Å². The third-order valence-corrected chi connectivity index (χ3v) is 3.07. The van der Waals surface area contributed by atoms with Crippen molar-refractivity contribution in [3.63, 3.8) is 0 Å². The Labute approximate surface area is 121 Å². The fourth-order valence-corrected chi connectivity index (χ4v) is 1.94. The van der Waals surface area contributed by atoms with Crippen LogP contribution in [-0.4, -0.2) is 26.4 Å². The third kappa shape index (κ3) is 6.28. The fraction of sp³-hybridized carbons (Fsp3) is 0.600. The molecule has 108 valence electrons. The van der Waals surface area contributed by atoms with E-state index in [4.69, 9.17) is 26.8 Å². The molecule has 19 heavy (non-hydrogen) atoms. The number of hydrogen-bond donors (Lipinski definition) is 1. The molecule has 4 heteroatoms. The van der Waals surface area contributed by atoms with Crippen LogP contribution in [0, 0.1) is 5.92 Å². The van der Waals surface area contributed by atoms with Gasteiger partial charge in [-0.25, -0.2) is 0 Å². The normalized spacial score (nSPS) is 11.0. The van der Waals surface area contributed by atoms with Gasteiger partial charge < -0.3 is 15.2 Å². The van der Waals surface area contributed by atoms with Crippen molar-refractivity contribution in [2.45, 2.75) is 26.7 Å². The molecular formula is C15H24ClNO2. The lowest BCUT2D eigenvalue weighted by Crippen LogP contribution is -2.11. The minimum absolute atomic E-state index is 0.513. The zero-order chi connectivity index (χ0) is 14.1. The molecule has 0 aliphatic carbocycles. The van der Waals surface area contributed by atoms with Crippen LogP contribution in [0.1, 0.15) is 25.8 Å². The Hall–Kier alpha value is -0.770. The standard InChI is InChI=1S/C15H24ClNO2/c1-12(2)7-9-18-10-11-19-15-13(6-8-17)4-3-5-14(15)16/h3-5,12H,6-11,17H2,1-2H3. The molecule has 0 aliphatic heterocycles. The molecule has 3 nitrogen and oxygen atoms in total. The molecule has 0 saturated carbocycles. The van der Waals surface area contributed by atoms with Crippen LogP contribution >= 0.6 is 11.6 Å². The molecule has 0 aromatic heterocycles. The van der Waals surface area contributed by atoms with Crippen LogP contribution < -0.4 is 10.5 Å². The molecule has 0 heterocycles. The van der Waals surface area contributed by atoms with Crippen LogP contribution in [0.5, 0.6) is 5.75 Å². The second-order valence-electron chi connectivity index (χ2n) is 4.91. The van der Waals surface area contributed by atoms with Crippen LogP contribution in [0.3, 0.4) is 0 Å². The van der Waals surface area contributed by atoms with Crippen LogP contribution in [-0.2, 0) is 11.2 Å². The molecule has 0 bridgehead atoms. The second-order valence-corrected chi connectivity index (χ2v) is 5.32. The number of para-hydroxylation sites is 1. The molecule has 0 atom stereocenters. The van der Waals surface area contributed by atoms with Gasteiger partial charge in [-0.1, -0.05) is 37.6 Å². The van der Waals surface area contributed by atoms with Crippen molar-refractivity contribution in [1.29, 1.82) is 0 Å². The third-order valence-electron chi connectivity index (χ3n) is 2.78. The van der Waals surface area contributed by atoms with Gasteiger partial charge in [0.25, 0.3) is 0 Å².